The first-order valence-corrected chi connectivity index (χ1v) is 5.09. The summed E-state index contributed by atoms with van der Waals surface area (Å²) in [6.45, 7) is 4.19. The van der Waals surface area contributed by atoms with Gasteiger partial charge in [0.05, 0.1) is 7.11 Å². The molecule has 0 radical (unpaired) electrons. The average Bonchev–Trinajstić information content (AvgIpc) is 2.18. The van der Waals surface area contributed by atoms with Crippen LogP contribution in [0.5, 0.6) is 5.75 Å². The standard InChI is InChI=1S/C12H19NO/c1-4-5-11(13)10-6-7-12(14-3)9(2)8-10/h6-8,11H,4-5,13H2,1-3H3/t11-/m1/s1. The molecule has 1 atom stereocenters. The number of benzene rings is 1. The van der Waals surface area contributed by atoms with E-state index in [-0.39, 0.29) is 6.04 Å². The minimum atomic E-state index is 0.157. The molecule has 0 spiro atoms. The molecular weight excluding hydrogens is 174 g/mol. The van der Waals surface area contributed by atoms with Crippen molar-refractivity contribution in [2.24, 2.45) is 5.73 Å². The fourth-order valence-electron chi connectivity index (χ4n) is 1.61. The summed E-state index contributed by atoms with van der Waals surface area (Å²) >= 11 is 0. The summed E-state index contributed by atoms with van der Waals surface area (Å²) in [5.74, 6) is 0.928. The lowest BCUT2D eigenvalue weighted by atomic mass is 10.0. The molecule has 1 aromatic rings. The molecule has 0 heterocycles. The normalized spacial score (nSPS) is 12.6. The average molecular weight is 193 g/mol. The van der Waals surface area contributed by atoms with E-state index in [0.29, 0.717) is 0 Å². The number of nitrogens with two attached hydrogens (primary N) is 1. The highest BCUT2D eigenvalue weighted by Gasteiger charge is 2.06. The predicted molar refractivity (Wildman–Crippen MR) is 59.6 cm³/mol. The van der Waals surface area contributed by atoms with Crippen LogP contribution in [-0.2, 0) is 0 Å². The predicted octanol–water partition coefficient (Wildman–Crippen LogP) is 2.80. The van der Waals surface area contributed by atoms with Gasteiger partial charge in [0.1, 0.15) is 5.75 Å². The van der Waals surface area contributed by atoms with E-state index in [1.54, 1.807) is 7.11 Å². The van der Waals surface area contributed by atoms with Crippen molar-refractivity contribution in [1.29, 1.82) is 0 Å². The van der Waals surface area contributed by atoms with E-state index in [0.717, 1.165) is 24.2 Å². The maximum atomic E-state index is 6.03. The number of hydrogen-bond donors (Lipinski definition) is 1. The van der Waals surface area contributed by atoms with Gasteiger partial charge >= 0.3 is 0 Å². The Morgan fingerprint density at radius 1 is 1.43 bits per heavy atom. The van der Waals surface area contributed by atoms with Crippen molar-refractivity contribution in [3.63, 3.8) is 0 Å². The van der Waals surface area contributed by atoms with Crippen LogP contribution in [0.1, 0.15) is 36.9 Å². The van der Waals surface area contributed by atoms with Crippen molar-refractivity contribution < 1.29 is 4.74 Å². The van der Waals surface area contributed by atoms with Gasteiger partial charge in [0.25, 0.3) is 0 Å². The van der Waals surface area contributed by atoms with Crippen molar-refractivity contribution in [2.75, 3.05) is 7.11 Å². The Morgan fingerprint density at radius 3 is 2.64 bits per heavy atom. The summed E-state index contributed by atoms with van der Waals surface area (Å²) in [7, 11) is 1.69. The van der Waals surface area contributed by atoms with Crippen LogP contribution in [0.4, 0.5) is 0 Å². The molecule has 0 amide bonds. The van der Waals surface area contributed by atoms with Crippen LogP contribution in [0.25, 0.3) is 0 Å². The summed E-state index contributed by atoms with van der Waals surface area (Å²) in [4.78, 5) is 0. The molecule has 0 aliphatic carbocycles. The minimum absolute atomic E-state index is 0.157. The van der Waals surface area contributed by atoms with E-state index >= 15 is 0 Å². The molecule has 0 aromatic heterocycles. The van der Waals surface area contributed by atoms with E-state index in [2.05, 4.69) is 13.0 Å². The maximum Gasteiger partial charge on any atom is 0.121 e. The van der Waals surface area contributed by atoms with E-state index < -0.39 is 0 Å². The molecule has 2 heteroatoms. The molecule has 2 N–H and O–H groups in total. The fourth-order valence-corrected chi connectivity index (χ4v) is 1.61. The van der Waals surface area contributed by atoms with Crippen LogP contribution in [-0.4, -0.2) is 7.11 Å². The Hall–Kier alpha value is -1.02. The molecule has 1 aromatic carbocycles. The Morgan fingerprint density at radius 2 is 2.14 bits per heavy atom. The van der Waals surface area contributed by atoms with Crippen LogP contribution in [0.2, 0.25) is 0 Å². The summed E-state index contributed by atoms with van der Waals surface area (Å²) in [5.41, 5.74) is 8.37. The fraction of sp³-hybridized carbons (Fsp3) is 0.500. The highest BCUT2D eigenvalue weighted by Crippen LogP contribution is 2.23. The summed E-state index contributed by atoms with van der Waals surface area (Å²) in [6.07, 6.45) is 2.15. The maximum absolute atomic E-state index is 6.03. The third-order valence-corrected chi connectivity index (χ3v) is 2.45. The first-order valence-electron chi connectivity index (χ1n) is 5.09. The zero-order valence-corrected chi connectivity index (χ0v) is 9.21. The lowest BCUT2D eigenvalue weighted by Gasteiger charge is -2.13. The van der Waals surface area contributed by atoms with Gasteiger partial charge in [-0.25, -0.2) is 0 Å². The first kappa shape index (κ1) is 11.1. The molecule has 2 nitrogen and oxygen atoms in total. The lowest BCUT2D eigenvalue weighted by Crippen LogP contribution is -2.09. The van der Waals surface area contributed by atoms with Crippen molar-refractivity contribution in [2.45, 2.75) is 32.7 Å². The third-order valence-electron chi connectivity index (χ3n) is 2.45. The van der Waals surface area contributed by atoms with Crippen molar-refractivity contribution in [1.82, 2.24) is 0 Å². The molecule has 0 aliphatic heterocycles. The molecule has 0 aliphatic rings. The van der Waals surface area contributed by atoms with Gasteiger partial charge in [-0.05, 0) is 30.5 Å². The number of ether oxygens (including phenoxy) is 1. The lowest BCUT2D eigenvalue weighted by molar-refractivity contribution is 0.411. The van der Waals surface area contributed by atoms with Gasteiger partial charge in [0.15, 0.2) is 0 Å². The number of methoxy groups -OCH3 is 1. The number of hydrogen-bond acceptors (Lipinski definition) is 2. The van der Waals surface area contributed by atoms with Gasteiger partial charge < -0.3 is 10.5 Å². The molecule has 0 saturated heterocycles. The van der Waals surface area contributed by atoms with Gasteiger partial charge in [-0.3, -0.25) is 0 Å². The second-order valence-corrected chi connectivity index (χ2v) is 3.62. The van der Waals surface area contributed by atoms with Crippen LogP contribution < -0.4 is 10.5 Å². The van der Waals surface area contributed by atoms with Gasteiger partial charge in [-0.1, -0.05) is 25.5 Å². The summed E-state index contributed by atoms with van der Waals surface area (Å²) in [5, 5.41) is 0. The third kappa shape index (κ3) is 2.48. The van der Waals surface area contributed by atoms with Crippen LogP contribution in [0, 0.1) is 6.92 Å². The largest absolute Gasteiger partial charge is 0.496 e. The molecular formula is C12H19NO. The zero-order valence-electron chi connectivity index (χ0n) is 9.21. The van der Waals surface area contributed by atoms with Gasteiger partial charge in [0, 0.05) is 6.04 Å². The van der Waals surface area contributed by atoms with Crippen LogP contribution in [0.3, 0.4) is 0 Å². The van der Waals surface area contributed by atoms with Crippen molar-refractivity contribution in [3.8, 4) is 5.75 Å². The molecule has 14 heavy (non-hydrogen) atoms. The summed E-state index contributed by atoms with van der Waals surface area (Å²) < 4.78 is 5.20. The van der Waals surface area contributed by atoms with Crippen molar-refractivity contribution >= 4 is 0 Å². The first-order chi connectivity index (χ1) is 6.69. The van der Waals surface area contributed by atoms with Crippen molar-refractivity contribution in [3.05, 3.63) is 29.3 Å². The highest BCUT2D eigenvalue weighted by molar-refractivity contribution is 5.37. The SMILES string of the molecule is CCC[C@@H](N)c1ccc(OC)c(C)c1. The second-order valence-electron chi connectivity index (χ2n) is 3.62. The second kappa shape index (κ2) is 5.01. The van der Waals surface area contributed by atoms with Gasteiger partial charge in [-0.2, -0.15) is 0 Å². The van der Waals surface area contributed by atoms with E-state index in [9.17, 15) is 0 Å². The number of rotatable bonds is 4. The Kier molecular flexibility index (Phi) is 3.96. The molecule has 0 unspecified atom stereocenters. The molecule has 0 bridgehead atoms. The highest BCUT2D eigenvalue weighted by atomic mass is 16.5. The molecule has 1 rings (SSSR count). The number of aryl methyl sites for hydroxylation is 1. The smallest absolute Gasteiger partial charge is 0.121 e. The monoisotopic (exact) mass is 193 g/mol. The Bertz CT molecular complexity index is 296. The molecule has 78 valence electrons. The van der Waals surface area contributed by atoms with Gasteiger partial charge in [0.2, 0.25) is 0 Å². The van der Waals surface area contributed by atoms with Crippen LogP contribution >= 0.6 is 0 Å². The quantitative estimate of drug-likeness (QED) is 0.798. The zero-order chi connectivity index (χ0) is 10.6. The summed E-state index contributed by atoms with van der Waals surface area (Å²) in [6, 6.07) is 6.30. The Balaban J connectivity index is 2.85. The Labute approximate surface area is 86.1 Å². The van der Waals surface area contributed by atoms with Crippen LogP contribution in [0.15, 0.2) is 18.2 Å². The topological polar surface area (TPSA) is 35.2 Å². The van der Waals surface area contributed by atoms with E-state index in [1.807, 2.05) is 19.1 Å². The molecule has 0 fully saturated rings. The van der Waals surface area contributed by atoms with E-state index in [1.165, 1.54) is 5.56 Å². The van der Waals surface area contributed by atoms with Gasteiger partial charge in [-0.15, -0.1) is 0 Å². The van der Waals surface area contributed by atoms with E-state index in [4.69, 9.17) is 10.5 Å². The minimum Gasteiger partial charge on any atom is -0.496 e. The molecule has 0 saturated carbocycles.